The zero-order valence-corrected chi connectivity index (χ0v) is 22.4. The molecule has 37 heavy (non-hydrogen) atoms. The van der Waals surface area contributed by atoms with Crippen LogP contribution in [0.25, 0.3) is 0 Å². The molecule has 0 saturated carbocycles. The normalized spacial score (nSPS) is 12.6. The SMILES string of the molecule is O=C(NC(CO)Cc1ccc(Cl)cc1)c1ccc(Cl)cc1N(c1nsnc1Cc1ccccc1)S(=O)O. The summed E-state index contributed by atoms with van der Waals surface area (Å²) in [6, 6.07) is 20.4. The first kappa shape index (κ1) is 27.2. The van der Waals surface area contributed by atoms with Crippen LogP contribution in [0.2, 0.25) is 10.0 Å². The summed E-state index contributed by atoms with van der Waals surface area (Å²) >= 11 is 10.5. The van der Waals surface area contributed by atoms with Gasteiger partial charge in [0.1, 0.15) is 5.69 Å². The van der Waals surface area contributed by atoms with Crippen molar-refractivity contribution in [2.24, 2.45) is 0 Å². The van der Waals surface area contributed by atoms with Crippen molar-refractivity contribution in [1.82, 2.24) is 14.1 Å². The Hall–Kier alpha value is -2.86. The average Bonchev–Trinajstić information content (AvgIpc) is 3.32. The van der Waals surface area contributed by atoms with Gasteiger partial charge in [0.2, 0.25) is 0 Å². The number of halogens is 2. The minimum absolute atomic E-state index is 0.0797. The Labute approximate surface area is 230 Å². The lowest BCUT2D eigenvalue weighted by atomic mass is 10.1. The molecule has 0 aliphatic rings. The maximum absolute atomic E-state index is 13.3. The number of carbonyl (C=O) groups is 1. The van der Waals surface area contributed by atoms with Gasteiger partial charge < -0.3 is 10.4 Å². The smallest absolute Gasteiger partial charge is 0.268 e. The number of anilines is 2. The van der Waals surface area contributed by atoms with Crippen molar-refractivity contribution in [3.8, 4) is 0 Å². The van der Waals surface area contributed by atoms with Gasteiger partial charge >= 0.3 is 0 Å². The third-order valence-electron chi connectivity index (χ3n) is 5.47. The number of hydrogen-bond donors (Lipinski definition) is 3. The zero-order valence-electron chi connectivity index (χ0n) is 19.3. The molecule has 8 nitrogen and oxygen atoms in total. The first-order chi connectivity index (χ1) is 17.9. The monoisotopic (exact) mass is 576 g/mol. The molecule has 192 valence electrons. The van der Waals surface area contributed by atoms with Gasteiger partial charge in [-0.2, -0.15) is 8.75 Å². The molecule has 1 aromatic heterocycles. The van der Waals surface area contributed by atoms with Crippen molar-refractivity contribution in [3.63, 3.8) is 0 Å². The molecule has 2 atom stereocenters. The molecule has 4 rings (SSSR count). The third kappa shape index (κ3) is 6.92. The molecule has 0 aliphatic carbocycles. The van der Waals surface area contributed by atoms with E-state index in [4.69, 9.17) is 23.2 Å². The van der Waals surface area contributed by atoms with Crippen molar-refractivity contribution < 1.29 is 18.7 Å². The molecule has 0 bridgehead atoms. The Morgan fingerprint density at radius 3 is 2.38 bits per heavy atom. The van der Waals surface area contributed by atoms with Crippen LogP contribution >= 0.6 is 34.9 Å². The number of carbonyl (C=O) groups excluding carboxylic acids is 1. The Morgan fingerprint density at radius 1 is 1.00 bits per heavy atom. The number of amides is 1. The quantitative estimate of drug-likeness (QED) is 0.228. The van der Waals surface area contributed by atoms with Crippen molar-refractivity contribution in [3.05, 3.63) is 105 Å². The Balaban J connectivity index is 1.64. The van der Waals surface area contributed by atoms with Gasteiger partial charge in [0.15, 0.2) is 5.82 Å². The van der Waals surface area contributed by atoms with Crippen LogP contribution in [0, 0.1) is 0 Å². The van der Waals surface area contributed by atoms with Gasteiger partial charge in [0.05, 0.1) is 35.6 Å². The maximum atomic E-state index is 13.3. The lowest BCUT2D eigenvalue weighted by molar-refractivity contribution is 0.0917. The lowest BCUT2D eigenvalue weighted by Gasteiger charge is -2.23. The van der Waals surface area contributed by atoms with Crippen LogP contribution in [0.5, 0.6) is 0 Å². The van der Waals surface area contributed by atoms with E-state index in [0.717, 1.165) is 27.2 Å². The molecule has 1 heterocycles. The molecule has 0 fully saturated rings. The van der Waals surface area contributed by atoms with Crippen molar-refractivity contribution in [2.45, 2.75) is 18.9 Å². The Bertz CT molecular complexity index is 1390. The molecule has 0 aliphatic heterocycles. The number of aromatic nitrogens is 2. The van der Waals surface area contributed by atoms with Gasteiger partial charge in [0.25, 0.3) is 17.2 Å². The average molecular weight is 578 g/mol. The summed E-state index contributed by atoms with van der Waals surface area (Å²) in [5, 5.41) is 13.5. The fourth-order valence-electron chi connectivity index (χ4n) is 3.72. The number of benzene rings is 3. The van der Waals surface area contributed by atoms with Crippen LogP contribution in [0.4, 0.5) is 11.5 Å². The van der Waals surface area contributed by atoms with Gasteiger partial charge in [-0.25, -0.2) is 8.51 Å². The van der Waals surface area contributed by atoms with Crippen molar-refractivity contribution >= 4 is 63.6 Å². The van der Waals surface area contributed by atoms with Crippen LogP contribution in [0.1, 0.15) is 27.2 Å². The van der Waals surface area contributed by atoms with E-state index in [1.807, 2.05) is 42.5 Å². The molecule has 0 saturated heterocycles. The second kappa shape index (κ2) is 12.6. The van der Waals surface area contributed by atoms with E-state index in [1.165, 1.54) is 18.2 Å². The molecule has 0 radical (unpaired) electrons. The Kier molecular flexibility index (Phi) is 9.25. The van der Waals surface area contributed by atoms with E-state index in [-0.39, 0.29) is 28.7 Å². The minimum atomic E-state index is -2.60. The molecule has 2 unspecified atom stereocenters. The maximum Gasteiger partial charge on any atom is 0.268 e. The summed E-state index contributed by atoms with van der Waals surface area (Å²) in [6.07, 6.45) is 0.728. The second-order valence-electron chi connectivity index (χ2n) is 8.07. The highest BCUT2D eigenvalue weighted by Gasteiger charge is 2.28. The first-order valence-corrected chi connectivity index (χ1v) is 13.6. The minimum Gasteiger partial charge on any atom is -0.394 e. The van der Waals surface area contributed by atoms with Crippen LogP contribution in [0.15, 0.2) is 72.8 Å². The predicted molar refractivity (Wildman–Crippen MR) is 147 cm³/mol. The van der Waals surface area contributed by atoms with Crippen LogP contribution in [-0.4, -0.2) is 41.2 Å². The Morgan fingerprint density at radius 2 is 1.70 bits per heavy atom. The number of aliphatic hydroxyl groups excluding tert-OH is 1. The summed E-state index contributed by atoms with van der Waals surface area (Å²) in [6.45, 7) is -0.315. The summed E-state index contributed by atoms with van der Waals surface area (Å²) in [4.78, 5) is 13.3. The van der Waals surface area contributed by atoms with E-state index in [1.54, 1.807) is 12.1 Å². The number of hydrogen-bond acceptors (Lipinski definition) is 6. The van der Waals surface area contributed by atoms with Crippen molar-refractivity contribution in [1.29, 1.82) is 0 Å². The predicted octanol–water partition coefficient (Wildman–Crippen LogP) is 5.04. The fourth-order valence-corrected chi connectivity index (χ4v) is 5.23. The van der Waals surface area contributed by atoms with E-state index in [2.05, 4.69) is 14.1 Å². The molecular weight excluding hydrogens is 555 g/mol. The van der Waals surface area contributed by atoms with Crippen LogP contribution < -0.4 is 9.62 Å². The van der Waals surface area contributed by atoms with E-state index >= 15 is 0 Å². The lowest BCUT2D eigenvalue weighted by Crippen LogP contribution is -2.39. The van der Waals surface area contributed by atoms with E-state index in [0.29, 0.717) is 23.6 Å². The summed E-state index contributed by atoms with van der Waals surface area (Å²) in [7, 11) is 0. The van der Waals surface area contributed by atoms with E-state index in [9.17, 15) is 18.7 Å². The highest BCUT2D eigenvalue weighted by atomic mass is 35.5. The van der Waals surface area contributed by atoms with Crippen LogP contribution in [-0.2, 0) is 24.1 Å². The van der Waals surface area contributed by atoms with E-state index < -0.39 is 23.2 Å². The third-order valence-corrected chi connectivity index (χ3v) is 7.20. The zero-order chi connectivity index (χ0) is 26.4. The number of rotatable bonds is 10. The highest BCUT2D eigenvalue weighted by Crippen LogP contribution is 2.34. The number of nitrogens with zero attached hydrogens (tertiary/aromatic N) is 3. The van der Waals surface area contributed by atoms with Gasteiger partial charge in [-0.15, -0.1) is 0 Å². The molecule has 4 aromatic rings. The summed E-state index contributed by atoms with van der Waals surface area (Å²) < 4.78 is 32.5. The molecular formula is C25H22Cl2N4O4S2. The van der Waals surface area contributed by atoms with Gasteiger partial charge in [-0.05, 0) is 47.9 Å². The standard InChI is InChI=1S/C25H22Cl2N4O4S2/c26-18-8-6-17(7-9-18)12-20(15-32)28-25(33)21-11-10-19(27)14-23(21)31(37(34)35)24-22(29-36-30-24)13-16-4-2-1-3-5-16/h1-11,14,20,32H,12-13,15H2,(H,28,33)(H,34,35). The van der Waals surface area contributed by atoms with Gasteiger partial charge in [-0.1, -0.05) is 65.7 Å². The topological polar surface area (TPSA) is 116 Å². The van der Waals surface area contributed by atoms with Crippen molar-refractivity contribution in [2.75, 3.05) is 10.9 Å². The van der Waals surface area contributed by atoms with Crippen LogP contribution in [0.3, 0.4) is 0 Å². The molecule has 3 N–H and O–H groups in total. The second-order valence-corrected chi connectivity index (χ2v) is 10.3. The highest BCUT2D eigenvalue weighted by molar-refractivity contribution is 7.81. The molecule has 1 amide bonds. The number of aliphatic hydroxyl groups is 1. The molecule has 3 aromatic carbocycles. The molecule has 0 spiro atoms. The summed E-state index contributed by atoms with van der Waals surface area (Å²) in [5.41, 5.74) is 2.45. The van der Waals surface area contributed by atoms with Gasteiger partial charge in [0, 0.05) is 16.5 Å². The summed E-state index contributed by atoms with van der Waals surface area (Å²) in [5.74, 6) is -0.409. The fraction of sp³-hybridized carbons (Fsp3) is 0.160. The first-order valence-electron chi connectivity index (χ1n) is 11.1. The largest absolute Gasteiger partial charge is 0.394 e. The van der Waals surface area contributed by atoms with Gasteiger partial charge in [-0.3, -0.25) is 9.35 Å². The molecule has 12 heteroatoms. The number of nitrogens with one attached hydrogen (secondary N) is 1.